The van der Waals surface area contributed by atoms with Gasteiger partial charge in [-0.2, -0.15) is 9.57 Å². The zero-order valence-electron chi connectivity index (χ0n) is 11.2. The number of hydrogen-bond acceptors (Lipinski definition) is 4. The van der Waals surface area contributed by atoms with Gasteiger partial charge in [0, 0.05) is 18.7 Å². The van der Waals surface area contributed by atoms with E-state index in [1.54, 1.807) is 0 Å². The highest BCUT2D eigenvalue weighted by molar-refractivity contribution is 7.89. The van der Waals surface area contributed by atoms with Gasteiger partial charge in [0.25, 0.3) is 0 Å². The van der Waals surface area contributed by atoms with Crippen molar-refractivity contribution in [3.05, 3.63) is 29.8 Å². The molecule has 0 amide bonds. The Morgan fingerprint density at radius 1 is 1.35 bits per heavy atom. The van der Waals surface area contributed by atoms with Gasteiger partial charge in [0.05, 0.1) is 16.9 Å². The van der Waals surface area contributed by atoms with Gasteiger partial charge >= 0.3 is 0 Å². The molecule has 6 heteroatoms. The highest BCUT2D eigenvalue weighted by Crippen LogP contribution is 2.23. The van der Waals surface area contributed by atoms with Crippen LogP contribution in [0.1, 0.15) is 30.1 Å². The molecule has 1 saturated heterocycles. The van der Waals surface area contributed by atoms with Crippen molar-refractivity contribution in [2.75, 3.05) is 13.1 Å². The number of carbonyl (C=O) groups excluding carboxylic acids is 1. The first-order valence-electron chi connectivity index (χ1n) is 6.46. The van der Waals surface area contributed by atoms with Gasteiger partial charge in [0.2, 0.25) is 10.0 Å². The lowest BCUT2D eigenvalue weighted by Crippen LogP contribution is -2.39. The van der Waals surface area contributed by atoms with Crippen LogP contribution in [0.3, 0.4) is 0 Å². The van der Waals surface area contributed by atoms with Crippen LogP contribution in [0.25, 0.3) is 0 Å². The largest absolute Gasteiger partial charge is 0.295 e. The van der Waals surface area contributed by atoms with Crippen LogP contribution in [0.2, 0.25) is 0 Å². The summed E-state index contributed by atoms with van der Waals surface area (Å²) >= 11 is 0. The van der Waals surface area contributed by atoms with E-state index in [0.717, 1.165) is 6.42 Å². The van der Waals surface area contributed by atoms with Crippen molar-refractivity contribution in [3.8, 4) is 6.07 Å². The Morgan fingerprint density at radius 2 is 2.00 bits per heavy atom. The summed E-state index contributed by atoms with van der Waals surface area (Å²) in [6, 6.07) is 8.05. The third-order valence-corrected chi connectivity index (χ3v) is 5.34. The Bertz CT molecular complexity index is 644. The number of carbonyl (C=O) groups is 1. The average Bonchev–Trinajstić information content (AvgIpc) is 2.47. The summed E-state index contributed by atoms with van der Waals surface area (Å²) in [5, 5.41) is 8.93. The molecule has 1 heterocycles. The van der Waals surface area contributed by atoms with E-state index >= 15 is 0 Å². The molecule has 0 spiro atoms. The molecule has 1 aromatic carbocycles. The lowest BCUT2D eigenvalue weighted by atomic mass is 10.0. The van der Waals surface area contributed by atoms with Crippen molar-refractivity contribution in [1.29, 1.82) is 5.26 Å². The second-order valence-corrected chi connectivity index (χ2v) is 6.85. The SMILES string of the molecule is CC(=O)c1ccc(S(=O)(=O)N2CCCC(C#N)C2)cc1. The molecule has 2 rings (SSSR count). The number of sulfonamides is 1. The first-order chi connectivity index (χ1) is 9.45. The van der Waals surface area contributed by atoms with Crippen molar-refractivity contribution >= 4 is 15.8 Å². The summed E-state index contributed by atoms with van der Waals surface area (Å²) in [6.07, 6.45) is 1.44. The fourth-order valence-electron chi connectivity index (χ4n) is 2.28. The fourth-order valence-corrected chi connectivity index (χ4v) is 3.80. The summed E-state index contributed by atoms with van der Waals surface area (Å²) in [4.78, 5) is 11.4. The van der Waals surface area contributed by atoms with Crippen LogP contribution in [0.4, 0.5) is 0 Å². The molecule has 1 atom stereocenters. The molecule has 1 aromatic rings. The zero-order valence-corrected chi connectivity index (χ0v) is 12.1. The van der Waals surface area contributed by atoms with E-state index in [1.807, 2.05) is 0 Å². The van der Waals surface area contributed by atoms with Crippen LogP contribution in [-0.2, 0) is 10.0 Å². The summed E-state index contributed by atoms with van der Waals surface area (Å²) in [6.45, 7) is 2.12. The molecule has 0 aliphatic carbocycles. The molecule has 0 bridgehead atoms. The number of Topliss-reactive ketones (excluding diaryl/α,β-unsaturated/α-hetero) is 1. The van der Waals surface area contributed by atoms with E-state index in [9.17, 15) is 13.2 Å². The number of ketones is 1. The Labute approximate surface area is 118 Å². The Kier molecular flexibility index (Phi) is 4.21. The van der Waals surface area contributed by atoms with E-state index < -0.39 is 10.0 Å². The predicted molar refractivity (Wildman–Crippen MR) is 73.5 cm³/mol. The molecule has 0 N–H and O–H groups in total. The number of nitrogens with zero attached hydrogens (tertiary/aromatic N) is 2. The molecule has 0 radical (unpaired) electrons. The van der Waals surface area contributed by atoms with Gasteiger partial charge < -0.3 is 0 Å². The van der Waals surface area contributed by atoms with E-state index in [-0.39, 0.29) is 23.1 Å². The van der Waals surface area contributed by atoms with Gasteiger partial charge in [-0.1, -0.05) is 12.1 Å². The number of rotatable bonds is 3. The topological polar surface area (TPSA) is 78.2 Å². The third kappa shape index (κ3) is 2.89. The first-order valence-corrected chi connectivity index (χ1v) is 7.90. The number of piperidine rings is 1. The molecule has 0 saturated carbocycles. The van der Waals surface area contributed by atoms with Crippen molar-refractivity contribution in [1.82, 2.24) is 4.31 Å². The van der Waals surface area contributed by atoms with Gasteiger partial charge in [0.15, 0.2) is 5.78 Å². The van der Waals surface area contributed by atoms with Crippen molar-refractivity contribution in [2.45, 2.75) is 24.7 Å². The van der Waals surface area contributed by atoms with Crippen molar-refractivity contribution < 1.29 is 13.2 Å². The molecule has 1 fully saturated rings. The molecule has 5 nitrogen and oxygen atoms in total. The van der Waals surface area contributed by atoms with Gasteiger partial charge in [-0.25, -0.2) is 8.42 Å². The first kappa shape index (κ1) is 14.7. The summed E-state index contributed by atoms with van der Waals surface area (Å²) in [5.74, 6) is -0.341. The molecule has 20 heavy (non-hydrogen) atoms. The summed E-state index contributed by atoms with van der Waals surface area (Å²) in [5.41, 5.74) is 0.484. The summed E-state index contributed by atoms with van der Waals surface area (Å²) < 4.78 is 26.3. The maximum atomic E-state index is 12.5. The normalized spacial score (nSPS) is 20.3. The fraction of sp³-hybridized carbons (Fsp3) is 0.429. The monoisotopic (exact) mass is 292 g/mol. The maximum absolute atomic E-state index is 12.5. The van der Waals surface area contributed by atoms with E-state index in [4.69, 9.17) is 5.26 Å². The van der Waals surface area contributed by atoms with Crippen LogP contribution < -0.4 is 0 Å². The lowest BCUT2D eigenvalue weighted by Gasteiger charge is -2.28. The summed E-state index contributed by atoms with van der Waals surface area (Å²) in [7, 11) is -3.58. The standard InChI is InChI=1S/C14H16N2O3S/c1-11(17)13-4-6-14(7-5-13)20(18,19)16-8-2-3-12(9-15)10-16/h4-7,12H,2-3,8,10H2,1H3. The van der Waals surface area contributed by atoms with Crippen LogP contribution >= 0.6 is 0 Å². The molecule has 1 unspecified atom stereocenters. The van der Waals surface area contributed by atoms with Gasteiger partial charge in [-0.05, 0) is 31.9 Å². The van der Waals surface area contributed by atoms with E-state index in [1.165, 1.54) is 35.5 Å². The third-order valence-electron chi connectivity index (χ3n) is 3.47. The van der Waals surface area contributed by atoms with Crippen molar-refractivity contribution in [2.24, 2.45) is 5.92 Å². The second kappa shape index (κ2) is 5.73. The molecule has 0 aromatic heterocycles. The number of nitriles is 1. The molecular weight excluding hydrogens is 276 g/mol. The minimum atomic E-state index is -3.58. The number of benzene rings is 1. The van der Waals surface area contributed by atoms with Crippen LogP contribution in [0.5, 0.6) is 0 Å². The quantitative estimate of drug-likeness (QED) is 0.796. The van der Waals surface area contributed by atoms with Gasteiger partial charge in [0.1, 0.15) is 0 Å². The zero-order chi connectivity index (χ0) is 14.8. The van der Waals surface area contributed by atoms with Crippen LogP contribution in [-0.4, -0.2) is 31.6 Å². The molecule has 1 aliphatic heterocycles. The lowest BCUT2D eigenvalue weighted by molar-refractivity contribution is 0.101. The minimum absolute atomic E-state index is 0.100. The smallest absolute Gasteiger partial charge is 0.243 e. The molecule has 106 valence electrons. The maximum Gasteiger partial charge on any atom is 0.243 e. The highest BCUT2D eigenvalue weighted by atomic mass is 32.2. The van der Waals surface area contributed by atoms with Crippen LogP contribution in [0, 0.1) is 17.2 Å². The van der Waals surface area contributed by atoms with Crippen LogP contribution in [0.15, 0.2) is 29.2 Å². The number of hydrogen-bond donors (Lipinski definition) is 0. The Morgan fingerprint density at radius 3 is 2.55 bits per heavy atom. The van der Waals surface area contributed by atoms with E-state index in [2.05, 4.69) is 6.07 Å². The van der Waals surface area contributed by atoms with Gasteiger partial charge in [-0.15, -0.1) is 0 Å². The highest BCUT2D eigenvalue weighted by Gasteiger charge is 2.30. The molecular formula is C14H16N2O3S. The predicted octanol–water partition coefficient (Wildman–Crippen LogP) is 1.81. The van der Waals surface area contributed by atoms with E-state index in [0.29, 0.717) is 18.5 Å². The Balaban J connectivity index is 2.26. The van der Waals surface area contributed by atoms with Gasteiger partial charge in [-0.3, -0.25) is 4.79 Å². The van der Waals surface area contributed by atoms with Crippen molar-refractivity contribution in [3.63, 3.8) is 0 Å². The average molecular weight is 292 g/mol. The second-order valence-electron chi connectivity index (χ2n) is 4.91. The minimum Gasteiger partial charge on any atom is -0.295 e. The Hall–Kier alpha value is -1.71. The molecule has 1 aliphatic rings.